The van der Waals surface area contributed by atoms with Crippen molar-refractivity contribution in [1.82, 2.24) is 14.5 Å². The van der Waals surface area contributed by atoms with Gasteiger partial charge >= 0.3 is 0 Å². The molecule has 116 valence electrons. The topological polar surface area (TPSA) is 30.3 Å². The molecule has 1 saturated carbocycles. The van der Waals surface area contributed by atoms with Crippen LogP contribution in [-0.4, -0.2) is 46.8 Å². The molecular formula is C18H23N3O. The van der Waals surface area contributed by atoms with Crippen LogP contribution in [0, 0.1) is 0 Å². The van der Waals surface area contributed by atoms with Crippen LogP contribution in [0.25, 0.3) is 11.0 Å². The maximum atomic E-state index is 5.49. The van der Waals surface area contributed by atoms with Gasteiger partial charge in [-0.3, -0.25) is 4.90 Å². The molecule has 0 bridgehead atoms. The van der Waals surface area contributed by atoms with Crippen molar-refractivity contribution < 1.29 is 4.74 Å². The Labute approximate surface area is 131 Å². The van der Waals surface area contributed by atoms with Crippen LogP contribution in [0.15, 0.2) is 24.3 Å². The molecule has 1 aromatic heterocycles. The zero-order valence-corrected chi connectivity index (χ0v) is 12.9. The third-order valence-electron chi connectivity index (χ3n) is 5.53. The van der Waals surface area contributed by atoms with Gasteiger partial charge in [-0.1, -0.05) is 12.1 Å². The first-order valence-electron chi connectivity index (χ1n) is 8.69. The van der Waals surface area contributed by atoms with E-state index in [0.717, 1.165) is 19.3 Å². The highest BCUT2D eigenvalue weighted by Crippen LogP contribution is 2.43. The second kappa shape index (κ2) is 5.07. The Kier molecular flexibility index (Phi) is 3.01. The molecule has 5 rings (SSSR count). The number of hydrogen-bond donors (Lipinski definition) is 0. The number of rotatable bonds is 3. The first-order valence-corrected chi connectivity index (χ1v) is 8.69. The molecule has 22 heavy (non-hydrogen) atoms. The Bertz CT molecular complexity index is 679. The third kappa shape index (κ3) is 2.09. The highest BCUT2D eigenvalue weighted by Gasteiger charge is 2.38. The van der Waals surface area contributed by atoms with E-state index in [0.29, 0.717) is 12.0 Å². The lowest BCUT2D eigenvalue weighted by Crippen LogP contribution is -2.54. The number of nitrogens with zero attached hydrogens (tertiary/aromatic N) is 3. The summed E-state index contributed by atoms with van der Waals surface area (Å²) in [7, 11) is 0. The van der Waals surface area contributed by atoms with Gasteiger partial charge in [-0.05, 0) is 37.8 Å². The minimum Gasteiger partial charge on any atom is -0.381 e. The number of benzene rings is 1. The number of para-hydroxylation sites is 2. The van der Waals surface area contributed by atoms with Crippen molar-refractivity contribution in [3.63, 3.8) is 0 Å². The first kappa shape index (κ1) is 13.1. The van der Waals surface area contributed by atoms with Crippen LogP contribution in [-0.2, 0) is 4.74 Å². The maximum Gasteiger partial charge on any atom is 0.113 e. The van der Waals surface area contributed by atoms with E-state index in [4.69, 9.17) is 9.72 Å². The van der Waals surface area contributed by atoms with Gasteiger partial charge in [0.25, 0.3) is 0 Å². The van der Waals surface area contributed by atoms with Gasteiger partial charge < -0.3 is 9.30 Å². The maximum absolute atomic E-state index is 5.49. The molecule has 4 nitrogen and oxygen atoms in total. The predicted octanol–water partition coefficient (Wildman–Crippen LogP) is 2.95. The lowest BCUT2D eigenvalue weighted by Gasteiger charge is -2.46. The molecule has 0 amide bonds. The fourth-order valence-corrected chi connectivity index (χ4v) is 4.08. The standard InChI is InChI=1S/C18H23N3O/c1-2-4-17-16(3-1)19-18(13-5-6-13)21(17)15-11-20(12-15)14-7-9-22-10-8-14/h1-4,13-15H,5-12H2. The van der Waals surface area contributed by atoms with Gasteiger partial charge in [0.05, 0.1) is 17.1 Å². The molecular weight excluding hydrogens is 274 g/mol. The zero-order chi connectivity index (χ0) is 14.5. The number of likely N-dealkylation sites (tertiary alicyclic amines) is 1. The van der Waals surface area contributed by atoms with Crippen LogP contribution in [0.1, 0.15) is 43.5 Å². The summed E-state index contributed by atoms with van der Waals surface area (Å²) in [6.07, 6.45) is 5.04. The number of hydrogen-bond acceptors (Lipinski definition) is 3. The second-order valence-corrected chi connectivity index (χ2v) is 7.05. The largest absolute Gasteiger partial charge is 0.381 e. The molecule has 0 N–H and O–H groups in total. The summed E-state index contributed by atoms with van der Waals surface area (Å²) in [6.45, 7) is 4.25. The van der Waals surface area contributed by atoms with Gasteiger partial charge in [-0.25, -0.2) is 4.98 Å². The minimum absolute atomic E-state index is 0.617. The van der Waals surface area contributed by atoms with E-state index in [1.54, 1.807) is 0 Å². The molecule has 2 aromatic rings. The van der Waals surface area contributed by atoms with Crippen LogP contribution in [0.2, 0.25) is 0 Å². The molecule has 3 heterocycles. The van der Waals surface area contributed by atoms with Crippen LogP contribution in [0.4, 0.5) is 0 Å². The Balaban J connectivity index is 1.41. The van der Waals surface area contributed by atoms with Crippen LogP contribution in [0.5, 0.6) is 0 Å². The lowest BCUT2D eigenvalue weighted by molar-refractivity contribution is -0.0110. The molecule has 3 fully saturated rings. The van der Waals surface area contributed by atoms with Gasteiger partial charge in [-0.2, -0.15) is 0 Å². The average molecular weight is 297 g/mol. The Morgan fingerprint density at radius 1 is 0.955 bits per heavy atom. The van der Waals surface area contributed by atoms with Gasteiger partial charge in [0.1, 0.15) is 5.82 Å². The van der Waals surface area contributed by atoms with Crippen LogP contribution >= 0.6 is 0 Å². The van der Waals surface area contributed by atoms with E-state index in [1.165, 1.54) is 55.6 Å². The van der Waals surface area contributed by atoms with Gasteiger partial charge in [0, 0.05) is 38.3 Å². The highest BCUT2D eigenvalue weighted by molar-refractivity contribution is 5.76. The summed E-state index contributed by atoms with van der Waals surface area (Å²) in [4.78, 5) is 7.59. The SMILES string of the molecule is c1ccc2c(c1)nc(C1CC1)n2C1CN(C2CCOCC2)C1. The van der Waals surface area contributed by atoms with E-state index in [2.05, 4.69) is 33.7 Å². The number of aromatic nitrogens is 2. The van der Waals surface area contributed by atoms with Crippen LogP contribution in [0.3, 0.4) is 0 Å². The fraction of sp³-hybridized carbons (Fsp3) is 0.611. The Hall–Kier alpha value is -1.39. The molecule has 0 unspecified atom stereocenters. The molecule has 0 atom stereocenters. The molecule has 4 heteroatoms. The molecule has 2 aliphatic heterocycles. The fourth-order valence-electron chi connectivity index (χ4n) is 4.08. The number of fused-ring (bicyclic) bond motifs is 1. The normalized spacial score (nSPS) is 24.7. The molecule has 1 aromatic carbocycles. The van der Waals surface area contributed by atoms with E-state index < -0.39 is 0 Å². The Morgan fingerprint density at radius 3 is 2.50 bits per heavy atom. The summed E-state index contributed by atoms with van der Waals surface area (Å²) >= 11 is 0. The van der Waals surface area contributed by atoms with E-state index >= 15 is 0 Å². The highest BCUT2D eigenvalue weighted by atomic mass is 16.5. The van der Waals surface area contributed by atoms with Crippen molar-refractivity contribution in [3.8, 4) is 0 Å². The van der Waals surface area contributed by atoms with Crippen molar-refractivity contribution in [2.24, 2.45) is 0 Å². The summed E-state index contributed by atoms with van der Waals surface area (Å²) in [5, 5.41) is 0. The zero-order valence-electron chi connectivity index (χ0n) is 12.9. The summed E-state index contributed by atoms with van der Waals surface area (Å²) in [6, 6.07) is 10.0. The molecule has 2 saturated heterocycles. The smallest absolute Gasteiger partial charge is 0.113 e. The first-order chi connectivity index (χ1) is 10.9. The second-order valence-electron chi connectivity index (χ2n) is 7.05. The van der Waals surface area contributed by atoms with Gasteiger partial charge in [-0.15, -0.1) is 0 Å². The summed E-state index contributed by atoms with van der Waals surface area (Å²) in [5.74, 6) is 2.06. The quantitative estimate of drug-likeness (QED) is 0.872. The van der Waals surface area contributed by atoms with Gasteiger partial charge in [0.2, 0.25) is 0 Å². The van der Waals surface area contributed by atoms with Crippen molar-refractivity contribution in [3.05, 3.63) is 30.1 Å². The molecule has 1 aliphatic carbocycles. The summed E-state index contributed by atoms with van der Waals surface area (Å²) in [5.41, 5.74) is 2.51. The van der Waals surface area contributed by atoms with Gasteiger partial charge in [0.15, 0.2) is 0 Å². The van der Waals surface area contributed by atoms with Crippen molar-refractivity contribution in [1.29, 1.82) is 0 Å². The molecule has 0 spiro atoms. The predicted molar refractivity (Wildman–Crippen MR) is 86.2 cm³/mol. The number of ether oxygens (including phenoxy) is 1. The average Bonchev–Trinajstić information content (AvgIpc) is 3.30. The Morgan fingerprint density at radius 2 is 1.73 bits per heavy atom. The van der Waals surface area contributed by atoms with E-state index in [1.807, 2.05) is 0 Å². The summed E-state index contributed by atoms with van der Waals surface area (Å²) < 4.78 is 8.05. The number of imidazole rings is 1. The molecule has 0 radical (unpaired) electrons. The van der Waals surface area contributed by atoms with Crippen molar-refractivity contribution in [2.45, 2.75) is 43.7 Å². The lowest BCUT2D eigenvalue weighted by atomic mass is 9.99. The monoisotopic (exact) mass is 297 g/mol. The van der Waals surface area contributed by atoms with Crippen molar-refractivity contribution in [2.75, 3.05) is 26.3 Å². The van der Waals surface area contributed by atoms with Crippen molar-refractivity contribution >= 4 is 11.0 Å². The molecule has 3 aliphatic rings. The van der Waals surface area contributed by atoms with Crippen LogP contribution < -0.4 is 0 Å². The van der Waals surface area contributed by atoms with E-state index in [9.17, 15) is 0 Å². The van der Waals surface area contributed by atoms with E-state index in [-0.39, 0.29) is 0 Å². The minimum atomic E-state index is 0.617. The third-order valence-corrected chi connectivity index (χ3v) is 5.53.